The van der Waals surface area contributed by atoms with Crippen LogP contribution in [0.25, 0.3) is 0 Å². The van der Waals surface area contributed by atoms with Gasteiger partial charge in [-0.15, -0.1) is 0 Å². The molecule has 1 aliphatic heterocycles. The van der Waals surface area contributed by atoms with Crippen molar-refractivity contribution < 1.29 is 22.4 Å². The SMILES string of the molecule is NC(=O)C1CN(CCc2ccc(F)cc2)CC1c1ccc(C(F)(F)F)cc1. The molecule has 0 radical (unpaired) electrons. The van der Waals surface area contributed by atoms with E-state index in [1.807, 2.05) is 0 Å². The summed E-state index contributed by atoms with van der Waals surface area (Å²) in [6.45, 7) is 1.66. The second-order valence-electron chi connectivity index (χ2n) is 6.87. The first-order valence-electron chi connectivity index (χ1n) is 8.67. The molecule has 3 rings (SSSR count). The van der Waals surface area contributed by atoms with Gasteiger partial charge in [-0.2, -0.15) is 13.2 Å². The van der Waals surface area contributed by atoms with Gasteiger partial charge in [0.15, 0.2) is 0 Å². The highest BCUT2D eigenvalue weighted by atomic mass is 19.4. The summed E-state index contributed by atoms with van der Waals surface area (Å²) in [6, 6.07) is 11.1. The van der Waals surface area contributed by atoms with Gasteiger partial charge in [0.25, 0.3) is 0 Å². The molecule has 2 aromatic rings. The van der Waals surface area contributed by atoms with Crippen molar-refractivity contribution in [3.8, 4) is 0 Å². The number of benzene rings is 2. The molecule has 1 aliphatic rings. The second kappa shape index (κ2) is 7.68. The molecule has 1 amide bonds. The van der Waals surface area contributed by atoms with E-state index in [0.29, 0.717) is 31.6 Å². The van der Waals surface area contributed by atoms with Crippen LogP contribution in [0, 0.1) is 11.7 Å². The van der Waals surface area contributed by atoms with E-state index in [4.69, 9.17) is 5.73 Å². The molecule has 2 aromatic carbocycles. The van der Waals surface area contributed by atoms with Crippen LogP contribution in [-0.2, 0) is 17.4 Å². The average Bonchev–Trinajstić information content (AvgIpc) is 3.05. The van der Waals surface area contributed by atoms with Crippen LogP contribution in [0.2, 0.25) is 0 Å². The first kappa shape index (κ1) is 19.4. The van der Waals surface area contributed by atoms with Crippen LogP contribution in [-0.4, -0.2) is 30.4 Å². The first-order chi connectivity index (χ1) is 12.7. The molecule has 2 unspecified atom stereocenters. The van der Waals surface area contributed by atoms with Gasteiger partial charge in [-0.05, 0) is 41.8 Å². The molecule has 0 bridgehead atoms. The molecule has 7 heteroatoms. The van der Waals surface area contributed by atoms with E-state index in [1.165, 1.54) is 24.3 Å². The number of alkyl halides is 3. The number of nitrogens with two attached hydrogens (primary N) is 1. The molecule has 2 N–H and O–H groups in total. The lowest BCUT2D eigenvalue weighted by Crippen LogP contribution is -2.29. The summed E-state index contributed by atoms with van der Waals surface area (Å²) in [5.74, 6) is -1.44. The number of carbonyl (C=O) groups is 1. The Hall–Kier alpha value is -2.41. The molecule has 1 heterocycles. The number of hydrogen-bond donors (Lipinski definition) is 1. The topological polar surface area (TPSA) is 46.3 Å². The highest BCUT2D eigenvalue weighted by Gasteiger charge is 2.37. The summed E-state index contributed by atoms with van der Waals surface area (Å²) >= 11 is 0. The Morgan fingerprint density at radius 3 is 2.22 bits per heavy atom. The van der Waals surface area contributed by atoms with Crippen molar-refractivity contribution in [3.63, 3.8) is 0 Å². The predicted octanol–water partition coefficient (Wildman–Crippen LogP) is 3.59. The number of primary amides is 1. The van der Waals surface area contributed by atoms with E-state index in [0.717, 1.165) is 17.7 Å². The van der Waals surface area contributed by atoms with Gasteiger partial charge in [-0.25, -0.2) is 4.39 Å². The van der Waals surface area contributed by atoms with Crippen molar-refractivity contribution >= 4 is 5.91 Å². The molecule has 27 heavy (non-hydrogen) atoms. The number of amides is 1. The van der Waals surface area contributed by atoms with Crippen LogP contribution in [0.3, 0.4) is 0 Å². The number of rotatable bonds is 5. The molecule has 0 aliphatic carbocycles. The summed E-state index contributed by atoms with van der Waals surface area (Å²) in [6.07, 6.45) is -3.70. The maximum atomic E-state index is 13.0. The van der Waals surface area contributed by atoms with Gasteiger partial charge in [-0.3, -0.25) is 4.79 Å². The molecular weight excluding hydrogens is 360 g/mol. The molecule has 2 atom stereocenters. The van der Waals surface area contributed by atoms with Crippen molar-refractivity contribution in [1.29, 1.82) is 0 Å². The van der Waals surface area contributed by atoms with Gasteiger partial charge in [-0.1, -0.05) is 24.3 Å². The third-order valence-electron chi connectivity index (χ3n) is 5.06. The van der Waals surface area contributed by atoms with Crippen molar-refractivity contribution in [2.45, 2.75) is 18.5 Å². The van der Waals surface area contributed by atoms with E-state index in [2.05, 4.69) is 4.90 Å². The zero-order valence-corrected chi connectivity index (χ0v) is 14.5. The highest BCUT2D eigenvalue weighted by molar-refractivity contribution is 5.78. The Balaban J connectivity index is 1.69. The molecule has 1 fully saturated rings. The number of hydrogen-bond acceptors (Lipinski definition) is 2. The Morgan fingerprint density at radius 1 is 1.04 bits per heavy atom. The van der Waals surface area contributed by atoms with Crippen molar-refractivity contribution in [2.24, 2.45) is 11.7 Å². The third-order valence-corrected chi connectivity index (χ3v) is 5.06. The normalized spacial score (nSPS) is 20.7. The van der Waals surface area contributed by atoms with Crippen LogP contribution in [0.5, 0.6) is 0 Å². The largest absolute Gasteiger partial charge is 0.416 e. The minimum absolute atomic E-state index is 0.238. The standard InChI is InChI=1S/C20H20F4N2O/c21-16-7-1-13(2-8-16)9-10-26-11-17(18(12-26)19(25)27)14-3-5-15(6-4-14)20(22,23)24/h1-8,17-18H,9-12H2,(H2,25,27). The molecule has 144 valence electrons. The van der Waals surface area contributed by atoms with Crippen molar-refractivity contribution in [1.82, 2.24) is 4.90 Å². The van der Waals surface area contributed by atoms with E-state index in [1.54, 1.807) is 12.1 Å². The summed E-state index contributed by atoms with van der Waals surface area (Å²) < 4.78 is 51.2. The zero-order chi connectivity index (χ0) is 19.6. The summed E-state index contributed by atoms with van der Waals surface area (Å²) in [5, 5.41) is 0. The van der Waals surface area contributed by atoms with Gasteiger partial charge >= 0.3 is 6.18 Å². The van der Waals surface area contributed by atoms with Crippen molar-refractivity contribution in [3.05, 3.63) is 71.0 Å². The number of likely N-dealkylation sites (tertiary alicyclic amines) is 1. The van der Waals surface area contributed by atoms with Gasteiger partial charge in [0, 0.05) is 25.6 Å². The number of carbonyl (C=O) groups excluding carboxylic acids is 1. The highest BCUT2D eigenvalue weighted by Crippen LogP contribution is 2.35. The Bertz CT molecular complexity index is 787. The Kier molecular flexibility index (Phi) is 5.51. The first-order valence-corrected chi connectivity index (χ1v) is 8.67. The van der Waals surface area contributed by atoms with Gasteiger partial charge in [0.2, 0.25) is 5.91 Å². The second-order valence-corrected chi connectivity index (χ2v) is 6.87. The summed E-state index contributed by atoms with van der Waals surface area (Å²) in [7, 11) is 0. The lowest BCUT2D eigenvalue weighted by molar-refractivity contribution is -0.137. The Morgan fingerprint density at radius 2 is 1.67 bits per heavy atom. The van der Waals surface area contributed by atoms with Crippen molar-refractivity contribution in [2.75, 3.05) is 19.6 Å². The molecule has 0 spiro atoms. The van der Waals surface area contributed by atoms with Gasteiger partial charge < -0.3 is 10.6 Å². The van der Waals surface area contributed by atoms with Crippen LogP contribution in [0.15, 0.2) is 48.5 Å². The molecule has 0 aromatic heterocycles. The maximum absolute atomic E-state index is 13.0. The quantitative estimate of drug-likeness (QED) is 0.806. The maximum Gasteiger partial charge on any atom is 0.416 e. The minimum atomic E-state index is -4.39. The van der Waals surface area contributed by atoms with Crippen LogP contribution < -0.4 is 5.73 Å². The predicted molar refractivity (Wildman–Crippen MR) is 93.4 cm³/mol. The fourth-order valence-corrected chi connectivity index (χ4v) is 3.55. The van der Waals surface area contributed by atoms with Crippen LogP contribution >= 0.6 is 0 Å². The lowest BCUT2D eigenvalue weighted by atomic mass is 9.88. The zero-order valence-electron chi connectivity index (χ0n) is 14.5. The smallest absolute Gasteiger partial charge is 0.369 e. The fraction of sp³-hybridized carbons (Fsp3) is 0.350. The number of halogens is 4. The lowest BCUT2D eigenvalue weighted by Gasteiger charge is -2.17. The molecular formula is C20H20F4N2O. The van der Waals surface area contributed by atoms with Crippen LogP contribution in [0.1, 0.15) is 22.6 Å². The monoisotopic (exact) mass is 380 g/mol. The number of nitrogens with zero attached hydrogens (tertiary/aromatic N) is 1. The molecule has 3 nitrogen and oxygen atoms in total. The summed E-state index contributed by atoms with van der Waals surface area (Å²) in [4.78, 5) is 13.9. The molecule has 0 saturated carbocycles. The van der Waals surface area contributed by atoms with Crippen LogP contribution in [0.4, 0.5) is 17.6 Å². The third kappa shape index (κ3) is 4.66. The van der Waals surface area contributed by atoms with E-state index < -0.39 is 23.6 Å². The fourth-order valence-electron chi connectivity index (χ4n) is 3.55. The molecule has 1 saturated heterocycles. The van der Waals surface area contributed by atoms with E-state index >= 15 is 0 Å². The minimum Gasteiger partial charge on any atom is -0.369 e. The Labute approximate surface area is 154 Å². The van der Waals surface area contributed by atoms with E-state index in [9.17, 15) is 22.4 Å². The van der Waals surface area contributed by atoms with Gasteiger partial charge in [0.1, 0.15) is 5.82 Å². The average molecular weight is 380 g/mol. The summed E-state index contributed by atoms with van der Waals surface area (Å²) in [5.41, 5.74) is 6.46. The van der Waals surface area contributed by atoms with E-state index in [-0.39, 0.29) is 11.7 Å². The van der Waals surface area contributed by atoms with Gasteiger partial charge in [0.05, 0.1) is 11.5 Å².